The zero-order chi connectivity index (χ0) is 16.2. The summed E-state index contributed by atoms with van der Waals surface area (Å²) in [4.78, 5) is 1.97. The van der Waals surface area contributed by atoms with Crippen LogP contribution in [-0.4, -0.2) is 74.4 Å². The maximum absolute atomic E-state index is 13.4. The van der Waals surface area contributed by atoms with Gasteiger partial charge in [-0.1, -0.05) is 12.1 Å². The zero-order valence-electron chi connectivity index (χ0n) is 12.5. The fourth-order valence-corrected chi connectivity index (χ4v) is 3.17. The molecule has 1 aromatic rings. The van der Waals surface area contributed by atoms with E-state index in [4.69, 9.17) is 4.74 Å². The standard InChI is InChI=1S/C14H21FN2O4S/c1-22(19,20)17-8-6-16(7-9-17)10-12(18)11-21-14-5-3-2-4-13(14)15/h2-5,12,18H,6-11H2,1H3/t12-/m1/s1. The smallest absolute Gasteiger partial charge is 0.211 e. The van der Waals surface area contributed by atoms with Crippen molar-refractivity contribution in [3.8, 4) is 5.75 Å². The molecule has 8 heteroatoms. The third-order valence-electron chi connectivity index (χ3n) is 3.54. The molecule has 1 saturated heterocycles. The number of β-amino-alcohol motifs (C(OH)–C–C–N with tert-alkyl or cyclic N) is 1. The molecular weight excluding hydrogens is 311 g/mol. The Bertz CT molecular complexity index is 588. The number of ether oxygens (including phenoxy) is 1. The lowest BCUT2D eigenvalue weighted by atomic mass is 10.3. The number of benzene rings is 1. The first-order valence-corrected chi connectivity index (χ1v) is 8.94. The van der Waals surface area contributed by atoms with Gasteiger partial charge in [0.15, 0.2) is 11.6 Å². The first-order chi connectivity index (χ1) is 10.4. The number of piperazine rings is 1. The number of aliphatic hydroxyl groups excluding tert-OH is 1. The van der Waals surface area contributed by atoms with Crippen molar-refractivity contribution < 1.29 is 22.7 Å². The van der Waals surface area contributed by atoms with E-state index in [1.807, 2.05) is 4.90 Å². The second-order valence-corrected chi connectivity index (χ2v) is 7.34. The third-order valence-corrected chi connectivity index (χ3v) is 4.84. The van der Waals surface area contributed by atoms with Gasteiger partial charge >= 0.3 is 0 Å². The van der Waals surface area contributed by atoms with Gasteiger partial charge in [-0.2, -0.15) is 4.31 Å². The third kappa shape index (κ3) is 4.91. The van der Waals surface area contributed by atoms with Crippen LogP contribution in [-0.2, 0) is 10.0 Å². The Morgan fingerprint density at radius 1 is 1.27 bits per heavy atom. The van der Waals surface area contributed by atoms with Gasteiger partial charge in [0.2, 0.25) is 10.0 Å². The van der Waals surface area contributed by atoms with E-state index in [0.717, 1.165) is 0 Å². The number of para-hydroxylation sites is 1. The molecular formula is C14H21FN2O4S. The summed E-state index contributed by atoms with van der Waals surface area (Å²) in [5, 5.41) is 9.96. The molecule has 1 aromatic carbocycles. The van der Waals surface area contributed by atoms with E-state index in [1.54, 1.807) is 12.1 Å². The Balaban J connectivity index is 1.74. The van der Waals surface area contributed by atoms with Gasteiger partial charge in [-0.3, -0.25) is 4.90 Å². The van der Waals surface area contributed by atoms with E-state index in [0.29, 0.717) is 32.7 Å². The highest BCUT2D eigenvalue weighted by molar-refractivity contribution is 7.88. The van der Waals surface area contributed by atoms with Gasteiger partial charge in [0.05, 0.1) is 6.26 Å². The first-order valence-electron chi connectivity index (χ1n) is 7.09. The van der Waals surface area contributed by atoms with Crippen molar-refractivity contribution in [2.24, 2.45) is 0 Å². The highest BCUT2D eigenvalue weighted by Crippen LogP contribution is 2.15. The molecule has 0 unspecified atom stereocenters. The monoisotopic (exact) mass is 332 g/mol. The van der Waals surface area contributed by atoms with Crippen LogP contribution < -0.4 is 4.74 Å². The van der Waals surface area contributed by atoms with Crippen molar-refractivity contribution in [1.82, 2.24) is 9.21 Å². The van der Waals surface area contributed by atoms with Crippen LogP contribution in [0.5, 0.6) is 5.75 Å². The predicted octanol–water partition coefficient (Wildman–Crippen LogP) is 0.143. The minimum Gasteiger partial charge on any atom is -0.488 e. The highest BCUT2D eigenvalue weighted by Gasteiger charge is 2.24. The molecule has 2 rings (SSSR count). The summed E-state index contributed by atoms with van der Waals surface area (Å²) in [5.74, 6) is -0.347. The molecule has 0 aliphatic carbocycles. The lowest BCUT2D eigenvalue weighted by Crippen LogP contribution is -2.50. The summed E-state index contributed by atoms with van der Waals surface area (Å²) in [6.07, 6.45) is 0.434. The molecule has 1 heterocycles. The lowest BCUT2D eigenvalue weighted by molar-refractivity contribution is 0.0558. The molecule has 1 aliphatic heterocycles. The van der Waals surface area contributed by atoms with Crippen molar-refractivity contribution in [3.05, 3.63) is 30.1 Å². The first kappa shape index (κ1) is 17.1. The van der Waals surface area contributed by atoms with Crippen molar-refractivity contribution in [1.29, 1.82) is 0 Å². The summed E-state index contributed by atoms with van der Waals surface area (Å²) in [5.41, 5.74) is 0. The van der Waals surface area contributed by atoms with E-state index >= 15 is 0 Å². The fraction of sp³-hybridized carbons (Fsp3) is 0.571. The summed E-state index contributed by atoms with van der Waals surface area (Å²) in [6, 6.07) is 6.04. The number of halogens is 1. The maximum atomic E-state index is 13.4. The van der Waals surface area contributed by atoms with E-state index in [-0.39, 0.29) is 12.4 Å². The van der Waals surface area contributed by atoms with Crippen LogP contribution >= 0.6 is 0 Å². The molecule has 0 aromatic heterocycles. The Morgan fingerprint density at radius 2 is 1.91 bits per heavy atom. The number of hydrogen-bond donors (Lipinski definition) is 1. The SMILES string of the molecule is CS(=O)(=O)N1CCN(C[C@@H](O)COc2ccccc2F)CC1. The number of rotatable bonds is 6. The zero-order valence-corrected chi connectivity index (χ0v) is 13.3. The second kappa shape index (κ2) is 7.36. The molecule has 0 spiro atoms. The van der Waals surface area contributed by atoms with Crippen LogP contribution in [0.3, 0.4) is 0 Å². The molecule has 1 fully saturated rings. The lowest BCUT2D eigenvalue weighted by Gasteiger charge is -2.34. The van der Waals surface area contributed by atoms with E-state index in [9.17, 15) is 17.9 Å². The quantitative estimate of drug-likeness (QED) is 0.803. The van der Waals surface area contributed by atoms with E-state index in [1.165, 1.54) is 22.7 Å². The molecule has 1 N–H and O–H groups in total. The van der Waals surface area contributed by atoms with Crippen molar-refractivity contribution in [3.63, 3.8) is 0 Å². The number of nitrogens with zero attached hydrogens (tertiary/aromatic N) is 2. The highest BCUT2D eigenvalue weighted by atomic mass is 32.2. The predicted molar refractivity (Wildman–Crippen MR) is 80.8 cm³/mol. The molecule has 0 bridgehead atoms. The van der Waals surface area contributed by atoms with Crippen LogP contribution in [0.15, 0.2) is 24.3 Å². The molecule has 1 aliphatic rings. The van der Waals surface area contributed by atoms with Crippen LogP contribution in [0.1, 0.15) is 0 Å². The Labute approximate surface area is 130 Å². The number of aliphatic hydroxyl groups is 1. The van der Waals surface area contributed by atoms with Crippen molar-refractivity contribution in [2.45, 2.75) is 6.10 Å². The molecule has 22 heavy (non-hydrogen) atoms. The summed E-state index contributed by atoms with van der Waals surface area (Å²) in [6.45, 7) is 2.31. The molecule has 0 amide bonds. The van der Waals surface area contributed by atoms with Gasteiger partial charge in [0.25, 0.3) is 0 Å². The molecule has 6 nitrogen and oxygen atoms in total. The average Bonchev–Trinajstić information content (AvgIpc) is 2.46. The molecule has 0 radical (unpaired) electrons. The van der Waals surface area contributed by atoms with Crippen LogP contribution in [0.2, 0.25) is 0 Å². The van der Waals surface area contributed by atoms with E-state index in [2.05, 4.69) is 0 Å². The maximum Gasteiger partial charge on any atom is 0.211 e. The summed E-state index contributed by atoms with van der Waals surface area (Å²) < 4.78 is 42.9. The van der Waals surface area contributed by atoms with Gasteiger partial charge in [-0.05, 0) is 12.1 Å². The van der Waals surface area contributed by atoms with Gasteiger partial charge < -0.3 is 9.84 Å². The number of sulfonamides is 1. The molecule has 0 saturated carbocycles. The fourth-order valence-electron chi connectivity index (χ4n) is 2.34. The Morgan fingerprint density at radius 3 is 2.50 bits per heavy atom. The van der Waals surface area contributed by atoms with Crippen LogP contribution in [0.4, 0.5) is 4.39 Å². The number of hydrogen-bond acceptors (Lipinski definition) is 5. The summed E-state index contributed by atoms with van der Waals surface area (Å²) in [7, 11) is -3.15. The van der Waals surface area contributed by atoms with E-state index < -0.39 is 21.9 Å². The van der Waals surface area contributed by atoms with Crippen molar-refractivity contribution >= 4 is 10.0 Å². The van der Waals surface area contributed by atoms with Gasteiger partial charge in [0, 0.05) is 32.7 Å². The second-order valence-electron chi connectivity index (χ2n) is 5.36. The molecule has 124 valence electrons. The Kier molecular flexibility index (Phi) is 5.74. The Hall–Kier alpha value is -1.22. The van der Waals surface area contributed by atoms with Crippen LogP contribution in [0.25, 0.3) is 0 Å². The van der Waals surface area contributed by atoms with Gasteiger partial charge in [-0.15, -0.1) is 0 Å². The minimum atomic E-state index is -3.15. The summed E-state index contributed by atoms with van der Waals surface area (Å²) >= 11 is 0. The van der Waals surface area contributed by atoms with Gasteiger partial charge in [0.1, 0.15) is 12.7 Å². The minimum absolute atomic E-state index is 0.00672. The van der Waals surface area contributed by atoms with Gasteiger partial charge in [-0.25, -0.2) is 12.8 Å². The largest absolute Gasteiger partial charge is 0.488 e. The topological polar surface area (TPSA) is 70.1 Å². The van der Waals surface area contributed by atoms with Crippen molar-refractivity contribution in [2.75, 3.05) is 45.6 Å². The average molecular weight is 332 g/mol. The molecule has 1 atom stereocenters. The van der Waals surface area contributed by atoms with Crippen LogP contribution in [0, 0.1) is 5.82 Å². The normalized spacial score (nSPS) is 19.0.